The summed E-state index contributed by atoms with van der Waals surface area (Å²) in [7, 11) is 0. The van der Waals surface area contributed by atoms with Crippen LogP contribution in [-0.2, 0) is 17.6 Å². The van der Waals surface area contributed by atoms with Gasteiger partial charge in [-0.05, 0) is 37.0 Å². The lowest BCUT2D eigenvalue weighted by Gasteiger charge is -2.25. The average Bonchev–Trinajstić information content (AvgIpc) is 2.97. The SMILES string of the molecule is CCc1c(C2CCCCC2)n2c(nc1=O)sc1cc(CC(=O)O)ccc12. The van der Waals surface area contributed by atoms with Crippen LogP contribution in [0, 0.1) is 0 Å². The van der Waals surface area contributed by atoms with Crippen LogP contribution in [0.25, 0.3) is 15.2 Å². The van der Waals surface area contributed by atoms with Gasteiger partial charge in [0.15, 0.2) is 4.96 Å². The van der Waals surface area contributed by atoms with Crippen molar-refractivity contribution in [3.8, 4) is 0 Å². The summed E-state index contributed by atoms with van der Waals surface area (Å²) in [4.78, 5) is 28.7. The number of thiazole rings is 1. The quantitative estimate of drug-likeness (QED) is 0.749. The Hall–Kier alpha value is -2.21. The number of carboxylic acid groups (broad SMARTS) is 1. The number of aliphatic carboxylic acids is 1. The fraction of sp³-hybridized carbons (Fsp3) is 0.450. The van der Waals surface area contributed by atoms with Crippen LogP contribution >= 0.6 is 11.3 Å². The molecule has 5 nitrogen and oxygen atoms in total. The van der Waals surface area contributed by atoms with E-state index >= 15 is 0 Å². The predicted octanol–water partition coefficient (Wildman–Crippen LogP) is 4.15. The molecule has 136 valence electrons. The van der Waals surface area contributed by atoms with E-state index in [1.54, 1.807) is 0 Å². The number of rotatable bonds is 4. The van der Waals surface area contributed by atoms with E-state index in [4.69, 9.17) is 5.11 Å². The van der Waals surface area contributed by atoms with E-state index in [0.29, 0.717) is 12.3 Å². The maximum absolute atomic E-state index is 12.6. The molecule has 1 N–H and O–H groups in total. The third-order valence-electron chi connectivity index (χ3n) is 5.36. The van der Waals surface area contributed by atoms with Gasteiger partial charge in [-0.15, -0.1) is 0 Å². The molecule has 2 aromatic heterocycles. The van der Waals surface area contributed by atoms with Crippen LogP contribution in [0.3, 0.4) is 0 Å². The van der Waals surface area contributed by atoms with Crippen molar-refractivity contribution in [2.24, 2.45) is 0 Å². The summed E-state index contributed by atoms with van der Waals surface area (Å²) in [5, 5.41) is 9.04. The molecule has 4 rings (SSSR count). The summed E-state index contributed by atoms with van der Waals surface area (Å²) >= 11 is 1.47. The highest BCUT2D eigenvalue weighted by molar-refractivity contribution is 7.23. The standard InChI is InChI=1S/C20H22N2O3S/c1-2-14-18(13-6-4-3-5-7-13)22-15-9-8-12(11-17(23)24)10-16(15)26-20(22)21-19(14)25/h8-10,13H,2-7,11H2,1H3,(H,23,24). The second-order valence-corrected chi connectivity index (χ2v) is 8.07. The van der Waals surface area contributed by atoms with Crippen molar-refractivity contribution >= 4 is 32.5 Å². The summed E-state index contributed by atoms with van der Waals surface area (Å²) in [6, 6.07) is 5.77. The Morgan fingerprint density at radius 2 is 2.08 bits per heavy atom. The van der Waals surface area contributed by atoms with Gasteiger partial charge in [0, 0.05) is 17.2 Å². The highest BCUT2D eigenvalue weighted by atomic mass is 32.1. The van der Waals surface area contributed by atoms with E-state index in [0.717, 1.165) is 44.8 Å². The van der Waals surface area contributed by atoms with Gasteiger partial charge in [0.05, 0.1) is 16.6 Å². The fourth-order valence-corrected chi connectivity index (χ4v) is 5.29. The second-order valence-electron chi connectivity index (χ2n) is 7.06. The zero-order valence-electron chi connectivity index (χ0n) is 14.8. The number of aromatic nitrogens is 2. The van der Waals surface area contributed by atoms with Crippen LogP contribution in [0.2, 0.25) is 0 Å². The molecule has 1 aliphatic carbocycles. The van der Waals surface area contributed by atoms with Gasteiger partial charge in [-0.25, -0.2) is 0 Å². The largest absolute Gasteiger partial charge is 0.481 e. The van der Waals surface area contributed by atoms with Crippen molar-refractivity contribution in [3.05, 3.63) is 45.4 Å². The summed E-state index contributed by atoms with van der Waals surface area (Å²) in [6.07, 6.45) is 6.61. The van der Waals surface area contributed by atoms with Crippen LogP contribution in [0.1, 0.15) is 61.8 Å². The highest BCUT2D eigenvalue weighted by Gasteiger charge is 2.24. The normalized spacial score (nSPS) is 15.7. The van der Waals surface area contributed by atoms with E-state index in [1.165, 1.54) is 30.6 Å². The maximum Gasteiger partial charge on any atom is 0.307 e. The van der Waals surface area contributed by atoms with Crippen molar-refractivity contribution < 1.29 is 9.90 Å². The van der Waals surface area contributed by atoms with Crippen LogP contribution < -0.4 is 5.56 Å². The Bertz CT molecular complexity index is 1040. The first-order valence-corrected chi connectivity index (χ1v) is 10.1. The fourth-order valence-electron chi connectivity index (χ4n) is 4.20. The topological polar surface area (TPSA) is 71.7 Å². The molecule has 1 fully saturated rings. The molecular formula is C20H22N2O3S. The van der Waals surface area contributed by atoms with E-state index in [1.807, 2.05) is 25.1 Å². The summed E-state index contributed by atoms with van der Waals surface area (Å²) in [6.45, 7) is 2.02. The van der Waals surface area contributed by atoms with Crippen molar-refractivity contribution in [2.75, 3.05) is 0 Å². The summed E-state index contributed by atoms with van der Waals surface area (Å²) < 4.78 is 3.15. The Morgan fingerprint density at radius 3 is 2.77 bits per heavy atom. The molecular weight excluding hydrogens is 348 g/mol. The molecule has 3 aromatic rings. The number of hydrogen-bond acceptors (Lipinski definition) is 4. The Labute approximate surface area is 155 Å². The van der Waals surface area contributed by atoms with Crippen LogP contribution in [0.4, 0.5) is 0 Å². The van der Waals surface area contributed by atoms with Gasteiger partial charge in [-0.1, -0.05) is 43.6 Å². The lowest BCUT2D eigenvalue weighted by Crippen LogP contribution is -2.22. The van der Waals surface area contributed by atoms with E-state index in [2.05, 4.69) is 9.38 Å². The molecule has 0 bridgehead atoms. The van der Waals surface area contributed by atoms with Gasteiger partial charge in [0.25, 0.3) is 5.56 Å². The number of fused-ring (bicyclic) bond motifs is 3. The summed E-state index contributed by atoms with van der Waals surface area (Å²) in [5.74, 6) is -0.437. The molecule has 0 atom stereocenters. The smallest absolute Gasteiger partial charge is 0.307 e. The van der Waals surface area contributed by atoms with Gasteiger partial charge < -0.3 is 5.11 Å². The Balaban J connectivity index is 1.99. The lowest BCUT2D eigenvalue weighted by molar-refractivity contribution is -0.136. The third-order valence-corrected chi connectivity index (χ3v) is 6.37. The molecule has 0 aliphatic heterocycles. The molecule has 26 heavy (non-hydrogen) atoms. The van der Waals surface area contributed by atoms with Crippen molar-refractivity contribution in [2.45, 2.75) is 57.8 Å². The molecule has 1 aromatic carbocycles. The molecule has 0 unspecified atom stereocenters. The highest BCUT2D eigenvalue weighted by Crippen LogP contribution is 2.37. The number of carbonyl (C=O) groups is 1. The Morgan fingerprint density at radius 1 is 1.31 bits per heavy atom. The van der Waals surface area contributed by atoms with Crippen LogP contribution in [-0.4, -0.2) is 20.5 Å². The number of carboxylic acids is 1. The summed E-state index contributed by atoms with van der Waals surface area (Å²) in [5.41, 5.74) is 3.67. The lowest BCUT2D eigenvalue weighted by atomic mass is 9.84. The first-order valence-electron chi connectivity index (χ1n) is 9.27. The van der Waals surface area contributed by atoms with Gasteiger partial charge in [-0.3, -0.25) is 14.0 Å². The Kier molecular flexibility index (Phi) is 4.53. The molecule has 6 heteroatoms. The van der Waals surface area contributed by atoms with Crippen molar-refractivity contribution in [1.29, 1.82) is 0 Å². The van der Waals surface area contributed by atoms with Crippen molar-refractivity contribution in [1.82, 2.24) is 9.38 Å². The third kappa shape index (κ3) is 2.92. The molecule has 1 saturated carbocycles. The molecule has 0 radical (unpaired) electrons. The average molecular weight is 370 g/mol. The van der Waals surface area contributed by atoms with Gasteiger partial charge in [0.2, 0.25) is 0 Å². The minimum absolute atomic E-state index is 0.00474. The zero-order chi connectivity index (χ0) is 18.3. The maximum atomic E-state index is 12.6. The van der Waals surface area contributed by atoms with E-state index in [9.17, 15) is 9.59 Å². The molecule has 1 aliphatic rings. The second kappa shape index (κ2) is 6.83. The number of hydrogen-bond donors (Lipinski definition) is 1. The predicted molar refractivity (Wildman–Crippen MR) is 103 cm³/mol. The van der Waals surface area contributed by atoms with Gasteiger partial charge in [0.1, 0.15) is 0 Å². The van der Waals surface area contributed by atoms with Crippen LogP contribution in [0.15, 0.2) is 23.0 Å². The first-order chi connectivity index (χ1) is 12.6. The molecule has 2 heterocycles. The molecule has 0 amide bonds. The monoisotopic (exact) mass is 370 g/mol. The number of nitrogens with zero attached hydrogens (tertiary/aromatic N) is 2. The van der Waals surface area contributed by atoms with Crippen LogP contribution in [0.5, 0.6) is 0 Å². The minimum atomic E-state index is -0.839. The van der Waals surface area contributed by atoms with Gasteiger partial charge >= 0.3 is 5.97 Å². The molecule has 0 spiro atoms. The zero-order valence-corrected chi connectivity index (χ0v) is 15.6. The molecule has 0 saturated heterocycles. The van der Waals surface area contributed by atoms with Crippen molar-refractivity contribution in [3.63, 3.8) is 0 Å². The van der Waals surface area contributed by atoms with E-state index < -0.39 is 5.97 Å². The van der Waals surface area contributed by atoms with E-state index in [-0.39, 0.29) is 12.0 Å². The number of benzene rings is 1. The first kappa shape index (κ1) is 17.2. The van der Waals surface area contributed by atoms with Gasteiger partial charge in [-0.2, -0.15) is 4.98 Å². The minimum Gasteiger partial charge on any atom is -0.481 e.